The van der Waals surface area contributed by atoms with Crippen molar-refractivity contribution in [2.75, 3.05) is 125 Å². The lowest BCUT2D eigenvalue weighted by molar-refractivity contribution is -0.125. The van der Waals surface area contributed by atoms with Crippen molar-refractivity contribution in [1.82, 2.24) is 20.4 Å². The summed E-state index contributed by atoms with van der Waals surface area (Å²) >= 11 is 0. The zero-order valence-corrected chi connectivity index (χ0v) is 23.5. The lowest BCUT2D eigenvalue weighted by atomic mass is 10.0. The summed E-state index contributed by atoms with van der Waals surface area (Å²) in [4.78, 5) is 16.6. The molecule has 1 atom stereocenters. The number of carbonyl (C=O) groups is 1. The van der Waals surface area contributed by atoms with Gasteiger partial charge in [-0.05, 0) is 19.9 Å². The number of nitrogens with one attached hydrogen (secondary N) is 2. The van der Waals surface area contributed by atoms with Crippen LogP contribution < -0.4 is 10.6 Å². The van der Waals surface area contributed by atoms with Crippen LogP contribution in [0.5, 0.6) is 0 Å². The minimum atomic E-state index is -1.17. The highest BCUT2D eigenvalue weighted by Crippen LogP contribution is 2.07. The van der Waals surface area contributed by atoms with Crippen LogP contribution in [0, 0.1) is 5.92 Å². The summed E-state index contributed by atoms with van der Waals surface area (Å²) in [7, 11) is 1.90. The van der Waals surface area contributed by atoms with Crippen molar-refractivity contribution in [3.8, 4) is 0 Å². The summed E-state index contributed by atoms with van der Waals surface area (Å²) in [6, 6.07) is 0. The molecular weight excluding hydrogens is 483 g/mol. The summed E-state index contributed by atoms with van der Waals surface area (Å²) in [5.41, 5.74) is 0. The van der Waals surface area contributed by atoms with Crippen molar-refractivity contribution >= 4 is 5.91 Å². The lowest BCUT2D eigenvalue weighted by Crippen LogP contribution is -2.48. The topological polar surface area (TPSA) is 93.8 Å². The number of alkyl halides is 1. The summed E-state index contributed by atoms with van der Waals surface area (Å²) < 4.78 is 41.5. The van der Waals surface area contributed by atoms with E-state index in [0.29, 0.717) is 59.5 Å². The molecule has 1 heterocycles. The van der Waals surface area contributed by atoms with Crippen LogP contribution in [0.15, 0.2) is 0 Å². The van der Waals surface area contributed by atoms with Crippen LogP contribution in [0.3, 0.4) is 0 Å². The first-order valence-corrected chi connectivity index (χ1v) is 14.0. The monoisotopic (exact) mass is 536 g/mol. The molecule has 0 aromatic carbocycles. The van der Waals surface area contributed by atoms with Gasteiger partial charge < -0.3 is 34.3 Å². The molecular formula is C26H53FN4O6. The van der Waals surface area contributed by atoms with E-state index < -0.39 is 6.17 Å². The number of ether oxygens (including phenoxy) is 5. The van der Waals surface area contributed by atoms with Crippen LogP contribution >= 0.6 is 0 Å². The largest absolute Gasteiger partial charge is 0.378 e. The highest BCUT2D eigenvalue weighted by atomic mass is 19.1. The number of piperazine rings is 1. The number of nitrogens with zero attached hydrogens (tertiary/aromatic N) is 2. The molecule has 1 unspecified atom stereocenters. The van der Waals surface area contributed by atoms with Gasteiger partial charge in [0.1, 0.15) is 6.17 Å². The Morgan fingerprint density at radius 3 is 1.70 bits per heavy atom. The van der Waals surface area contributed by atoms with Crippen LogP contribution in [0.1, 0.15) is 26.7 Å². The van der Waals surface area contributed by atoms with Crippen molar-refractivity contribution in [3.05, 3.63) is 0 Å². The van der Waals surface area contributed by atoms with Gasteiger partial charge in [0.25, 0.3) is 0 Å². The molecule has 0 aromatic heterocycles. The fraction of sp³-hybridized carbons (Fsp3) is 0.962. The van der Waals surface area contributed by atoms with E-state index in [1.165, 1.54) is 0 Å². The van der Waals surface area contributed by atoms with E-state index in [2.05, 4.69) is 20.4 Å². The van der Waals surface area contributed by atoms with Gasteiger partial charge in [-0.2, -0.15) is 0 Å². The SMILES string of the molecule is CCC(CC)C(=O)NCC(F)COCCN1CCN(CCOCCOCCOCCOCCNC)CC1. The molecule has 1 rings (SSSR count). The minimum absolute atomic E-state index is 0.0173. The first kappa shape index (κ1) is 34.1. The quantitative estimate of drug-likeness (QED) is 0.164. The Morgan fingerprint density at radius 2 is 1.22 bits per heavy atom. The zero-order chi connectivity index (χ0) is 27.0. The Labute approximate surface area is 223 Å². The van der Waals surface area contributed by atoms with E-state index in [9.17, 15) is 9.18 Å². The molecule has 220 valence electrons. The Balaban J connectivity index is 1.87. The summed E-state index contributed by atoms with van der Waals surface area (Å²) in [6.45, 7) is 15.8. The molecule has 0 bridgehead atoms. The normalized spacial score (nSPS) is 15.9. The van der Waals surface area contributed by atoms with Gasteiger partial charge in [-0.25, -0.2) is 4.39 Å². The predicted molar refractivity (Wildman–Crippen MR) is 143 cm³/mol. The summed E-state index contributed by atoms with van der Waals surface area (Å²) in [6.07, 6.45) is 0.375. The average Bonchev–Trinajstić information content (AvgIpc) is 2.91. The first-order chi connectivity index (χ1) is 18.1. The van der Waals surface area contributed by atoms with Gasteiger partial charge in [-0.3, -0.25) is 14.6 Å². The van der Waals surface area contributed by atoms with Gasteiger partial charge in [-0.1, -0.05) is 13.8 Å². The third-order valence-electron chi connectivity index (χ3n) is 6.33. The fourth-order valence-electron chi connectivity index (χ4n) is 3.85. The molecule has 2 N–H and O–H groups in total. The number of hydrogen-bond acceptors (Lipinski definition) is 9. The number of halogens is 1. The third kappa shape index (κ3) is 18.9. The van der Waals surface area contributed by atoms with Gasteiger partial charge in [0, 0.05) is 51.7 Å². The van der Waals surface area contributed by atoms with Gasteiger partial charge in [0.05, 0.1) is 72.6 Å². The highest BCUT2D eigenvalue weighted by Gasteiger charge is 2.18. The maximum Gasteiger partial charge on any atom is 0.223 e. The third-order valence-corrected chi connectivity index (χ3v) is 6.33. The van der Waals surface area contributed by atoms with Crippen LogP contribution in [-0.2, 0) is 28.5 Å². The lowest BCUT2D eigenvalue weighted by Gasteiger charge is -2.34. The molecule has 0 aromatic rings. The van der Waals surface area contributed by atoms with Gasteiger partial charge in [0.2, 0.25) is 5.91 Å². The zero-order valence-electron chi connectivity index (χ0n) is 23.5. The second-order valence-corrected chi connectivity index (χ2v) is 9.17. The Morgan fingerprint density at radius 1 is 0.757 bits per heavy atom. The number of rotatable bonds is 25. The second-order valence-electron chi connectivity index (χ2n) is 9.17. The van der Waals surface area contributed by atoms with Gasteiger partial charge >= 0.3 is 0 Å². The minimum Gasteiger partial charge on any atom is -0.378 e. The molecule has 1 amide bonds. The Bertz CT molecular complexity index is 525. The number of likely N-dealkylation sites (N-methyl/N-ethyl adjacent to an activating group) is 1. The van der Waals surface area contributed by atoms with E-state index in [4.69, 9.17) is 23.7 Å². The van der Waals surface area contributed by atoms with Gasteiger partial charge in [-0.15, -0.1) is 0 Å². The average molecular weight is 537 g/mol. The molecule has 0 saturated carbocycles. The summed E-state index contributed by atoms with van der Waals surface area (Å²) in [5, 5.41) is 5.71. The van der Waals surface area contributed by atoms with E-state index >= 15 is 0 Å². The number of carbonyl (C=O) groups excluding carboxylic acids is 1. The van der Waals surface area contributed by atoms with Crippen molar-refractivity contribution in [2.24, 2.45) is 5.92 Å². The van der Waals surface area contributed by atoms with Crippen LogP contribution in [0.2, 0.25) is 0 Å². The smallest absolute Gasteiger partial charge is 0.223 e. The molecule has 0 radical (unpaired) electrons. The van der Waals surface area contributed by atoms with Crippen molar-refractivity contribution in [1.29, 1.82) is 0 Å². The Kier molecular flexibility index (Phi) is 22.3. The molecule has 1 aliphatic rings. The molecule has 0 aliphatic carbocycles. The maximum absolute atomic E-state index is 14.0. The fourth-order valence-corrected chi connectivity index (χ4v) is 3.85. The van der Waals surface area contributed by atoms with E-state index in [0.717, 1.165) is 58.7 Å². The van der Waals surface area contributed by atoms with E-state index in [1.54, 1.807) is 0 Å². The van der Waals surface area contributed by atoms with E-state index in [1.807, 2.05) is 20.9 Å². The maximum atomic E-state index is 14.0. The standard InChI is InChI=1S/C26H53FN4O6/c1-4-24(5-2)26(32)29-22-25(27)23-37-15-12-31-9-7-30(8-10-31)11-14-34-17-19-36-21-20-35-18-16-33-13-6-28-3/h24-25,28H,4-23H2,1-3H3,(H,29,32). The molecule has 1 aliphatic heterocycles. The van der Waals surface area contributed by atoms with Crippen molar-refractivity contribution in [3.63, 3.8) is 0 Å². The molecule has 37 heavy (non-hydrogen) atoms. The number of hydrogen-bond donors (Lipinski definition) is 2. The predicted octanol–water partition coefficient (Wildman–Crippen LogP) is 0.797. The molecule has 10 nitrogen and oxygen atoms in total. The highest BCUT2D eigenvalue weighted by molar-refractivity contribution is 5.78. The number of amides is 1. The van der Waals surface area contributed by atoms with Gasteiger partial charge in [0.15, 0.2) is 0 Å². The first-order valence-electron chi connectivity index (χ1n) is 14.0. The molecule has 11 heteroatoms. The summed E-state index contributed by atoms with van der Waals surface area (Å²) in [5.74, 6) is -0.101. The molecule has 1 fully saturated rings. The van der Waals surface area contributed by atoms with Crippen molar-refractivity contribution in [2.45, 2.75) is 32.9 Å². The van der Waals surface area contributed by atoms with Crippen molar-refractivity contribution < 1.29 is 32.9 Å². The van der Waals surface area contributed by atoms with Crippen LogP contribution in [0.25, 0.3) is 0 Å². The van der Waals surface area contributed by atoms with Crippen LogP contribution in [-0.4, -0.2) is 147 Å². The van der Waals surface area contributed by atoms with E-state index in [-0.39, 0.29) is 25.0 Å². The second kappa shape index (κ2) is 24.1. The molecule has 0 spiro atoms. The Hall–Kier alpha value is -0.920. The molecule has 1 saturated heterocycles. The van der Waals surface area contributed by atoms with Crippen LogP contribution in [0.4, 0.5) is 4.39 Å².